The number of aryl methyl sites for hydroxylation is 2. The highest BCUT2D eigenvalue weighted by Gasteiger charge is 2.46. The first-order valence-corrected chi connectivity index (χ1v) is 10.8. The Balaban J connectivity index is 1.27. The third-order valence-electron chi connectivity index (χ3n) is 6.42. The second-order valence-electron chi connectivity index (χ2n) is 8.09. The van der Waals surface area contributed by atoms with Crippen molar-refractivity contribution in [3.05, 3.63) is 56.7 Å². The molecular formula is C21H19FN4O2S. The zero-order valence-corrected chi connectivity index (χ0v) is 16.5. The lowest BCUT2D eigenvalue weighted by atomic mass is 10.2. The van der Waals surface area contributed by atoms with Crippen LogP contribution in [0.15, 0.2) is 29.1 Å². The Morgan fingerprint density at radius 3 is 2.93 bits per heavy atom. The lowest BCUT2D eigenvalue weighted by Gasteiger charge is -2.35. The van der Waals surface area contributed by atoms with Crippen molar-refractivity contribution in [2.75, 3.05) is 18.0 Å². The second kappa shape index (κ2) is 6.13. The van der Waals surface area contributed by atoms with Crippen LogP contribution in [-0.2, 0) is 12.8 Å². The number of aromatic nitrogens is 2. The fraction of sp³-hybridized carbons (Fsp3) is 0.381. The summed E-state index contributed by atoms with van der Waals surface area (Å²) >= 11 is 1.54. The number of thiophene rings is 1. The Hall–Kier alpha value is -2.74. The normalized spacial score (nSPS) is 22.7. The van der Waals surface area contributed by atoms with Crippen LogP contribution in [0.25, 0.3) is 10.2 Å². The van der Waals surface area contributed by atoms with Gasteiger partial charge in [0.15, 0.2) is 0 Å². The standard InChI is InChI=1S/C21H19FN4O2S/c22-11-3-1-4-12(7-11)25-9-14-8-13(25)10-26(14)21(28)18-23-19(27)17-15-5-2-6-16(15)29-20(17)24-18/h1,3-4,7,13-14H,2,5-6,8-10H2,(H,23,24,27)/t13-,14-/m1/s1. The first-order valence-electron chi connectivity index (χ1n) is 9.96. The van der Waals surface area contributed by atoms with Crippen LogP contribution in [0.2, 0.25) is 0 Å². The van der Waals surface area contributed by atoms with E-state index in [2.05, 4.69) is 14.9 Å². The van der Waals surface area contributed by atoms with Gasteiger partial charge in [-0.15, -0.1) is 11.3 Å². The summed E-state index contributed by atoms with van der Waals surface area (Å²) in [5.41, 5.74) is 1.76. The second-order valence-corrected chi connectivity index (χ2v) is 9.17. The zero-order valence-electron chi connectivity index (χ0n) is 15.7. The molecule has 2 atom stereocenters. The number of nitrogens with one attached hydrogen (secondary N) is 1. The van der Waals surface area contributed by atoms with Crippen molar-refractivity contribution in [2.24, 2.45) is 0 Å². The average Bonchev–Trinajstić information content (AvgIpc) is 3.46. The Morgan fingerprint density at radius 1 is 1.24 bits per heavy atom. The van der Waals surface area contributed by atoms with Gasteiger partial charge in [0, 0.05) is 29.7 Å². The van der Waals surface area contributed by atoms with E-state index in [4.69, 9.17) is 0 Å². The van der Waals surface area contributed by atoms with Crippen LogP contribution in [0.4, 0.5) is 10.1 Å². The van der Waals surface area contributed by atoms with Gasteiger partial charge in [0.2, 0.25) is 5.82 Å². The molecule has 29 heavy (non-hydrogen) atoms. The number of rotatable bonds is 2. The highest BCUT2D eigenvalue weighted by molar-refractivity contribution is 7.18. The maximum absolute atomic E-state index is 13.6. The van der Waals surface area contributed by atoms with Gasteiger partial charge in [0.05, 0.1) is 11.4 Å². The summed E-state index contributed by atoms with van der Waals surface area (Å²) in [6, 6.07) is 6.79. The minimum absolute atomic E-state index is 0.0464. The van der Waals surface area contributed by atoms with E-state index in [0.29, 0.717) is 23.3 Å². The van der Waals surface area contributed by atoms with Crippen molar-refractivity contribution < 1.29 is 9.18 Å². The number of carbonyl (C=O) groups excluding carboxylic acids is 1. The minimum Gasteiger partial charge on any atom is -0.365 e. The molecule has 2 saturated heterocycles. The van der Waals surface area contributed by atoms with Crippen molar-refractivity contribution in [3.8, 4) is 0 Å². The fourth-order valence-corrected chi connectivity index (χ4v) is 6.39. The summed E-state index contributed by atoms with van der Waals surface area (Å²) in [4.78, 5) is 38.9. The van der Waals surface area contributed by atoms with Crippen LogP contribution in [0.1, 0.15) is 33.9 Å². The average molecular weight is 410 g/mol. The van der Waals surface area contributed by atoms with Gasteiger partial charge in [-0.2, -0.15) is 0 Å². The number of fused-ring (bicyclic) bond motifs is 5. The zero-order chi connectivity index (χ0) is 19.7. The quantitative estimate of drug-likeness (QED) is 0.705. The van der Waals surface area contributed by atoms with Gasteiger partial charge in [0.1, 0.15) is 10.6 Å². The number of H-pyrrole nitrogens is 1. The summed E-state index contributed by atoms with van der Waals surface area (Å²) in [5, 5.41) is 0.666. The van der Waals surface area contributed by atoms with Gasteiger partial charge in [0.25, 0.3) is 11.5 Å². The van der Waals surface area contributed by atoms with E-state index in [1.54, 1.807) is 17.4 Å². The molecule has 2 bridgehead atoms. The molecule has 2 fully saturated rings. The molecule has 4 heterocycles. The molecule has 0 unspecified atom stereocenters. The monoisotopic (exact) mass is 410 g/mol. The first-order chi connectivity index (χ1) is 14.1. The van der Waals surface area contributed by atoms with Crippen LogP contribution < -0.4 is 10.5 Å². The van der Waals surface area contributed by atoms with E-state index in [9.17, 15) is 14.0 Å². The molecule has 1 N–H and O–H groups in total. The van der Waals surface area contributed by atoms with E-state index < -0.39 is 0 Å². The Bertz CT molecular complexity index is 1220. The number of benzene rings is 1. The SMILES string of the molecule is O=C(c1nc2sc3c(c2c(=O)[nH]1)CCC3)N1C[C@H]2C[C@@H]1CN2c1cccc(F)c1. The maximum atomic E-state index is 13.6. The first kappa shape index (κ1) is 17.1. The third kappa shape index (κ3) is 2.55. The number of hydrogen-bond acceptors (Lipinski definition) is 5. The van der Waals surface area contributed by atoms with Crippen LogP contribution in [0.5, 0.6) is 0 Å². The number of anilines is 1. The van der Waals surface area contributed by atoms with E-state index in [-0.39, 0.29) is 35.2 Å². The van der Waals surface area contributed by atoms with E-state index in [0.717, 1.165) is 36.9 Å². The van der Waals surface area contributed by atoms with E-state index >= 15 is 0 Å². The molecule has 148 valence electrons. The molecule has 0 spiro atoms. The minimum atomic E-state index is -0.254. The van der Waals surface area contributed by atoms with Gasteiger partial charge >= 0.3 is 0 Å². The van der Waals surface area contributed by atoms with Gasteiger partial charge < -0.3 is 14.8 Å². The topological polar surface area (TPSA) is 69.3 Å². The Labute approximate surface area is 170 Å². The molecule has 3 aliphatic rings. The fourth-order valence-electron chi connectivity index (χ4n) is 5.13. The van der Waals surface area contributed by atoms with Crippen LogP contribution in [-0.4, -0.2) is 45.9 Å². The number of likely N-dealkylation sites (tertiary alicyclic amines) is 1. The Morgan fingerprint density at radius 2 is 2.14 bits per heavy atom. The molecule has 1 amide bonds. The lowest BCUT2D eigenvalue weighted by Crippen LogP contribution is -2.49. The van der Waals surface area contributed by atoms with Gasteiger partial charge in [-0.3, -0.25) is 9.59 Å². The number of amides is 1. The van der Waals surface area contributed by atoms with Gasteiger partial charge in [-0.25, -0.2) is 9.37 Å². The van der Waals surface area contributed by atoms with Gasteiger partial charge in [-0.05, 0) is 49.4 Å². The molecule has 3 aromatic rings. The van der Waals surface area contributed by atoms with Crippen LogP contribution >= 0.6 is 11.3 Å². The summed E-state index contributed by atoms with van der Waals surface area (Å²) in [5.74, 6) is -0.340. The molecule has 2 aliphatic heterocycles. The van der Waals surface area contributed by atoms with Crippen molar-refractivity contribution in [2.45, 2.75) is 37.8 Å². The molecular weight excluding hydrogens is 391 g/mol. The number of piperazine rings is 1. The third-order valence-corrected chi connectivity index (χ3v) is 7.60. The summed E-state index contributed by atoms with van der Waals surface area (Å²) < 4.78 is 13.6. The van der Waals surface area contributed by atoms with Crippen molar-refractivity contribution >= 4 is 33.1 Å². The summed E-state index contributed by atoms with van der Waals surface area (Å²) in [6.07, 6.45) is 3.84. The lowest BCUT2D eigenvalue weighted by molar-refractivity contribution is 0.0713. The summed E-state index contributed by atoms with van der Waals surface area (Å²) in [7, 11) is 0. The maximum Gasteiger partial charge on any atom is 0.290 e. The number of halogens is 1. The summed E-state index contributed by atoms with van der Waals surface area (Å²) in [6.45, 7) is 1.22. The van der Waals surface area contributed by atoms with Crippen molar-refractivity contribution in [1.29, 1.82) is 0 Å². The number of aromatic amines is 1. The van der Waals surface area contributed by atoms with Crippen LogP contribution in [0.3, 0.4) is 0 Å². The molecule has 0 radical (unpaired) electrons. The smallest absolute Gasteiger partial charge is 0.290 e. The van der Waals surface area contributed by atoms with E-state index in [1.165, 1.54) is 17.0 Å². The van der Waals surface area contributed by atoms with Crippen molar-refractivity contribution in [1.82, 2.24) is 14.9 Å². The highest BCUT2D eigenvalue weighted by atomic mass is 32.1. The van der Waals surface area contributed by atoms with Crippen LogP contribution in [0, 0.1) is 5.82 Å². The Kier molecular flexibility index (Phi) is 3.62. The molecule has 1 aliphatic carbocycles. The van der Waals surface area contributed by atoms with Crippen molar-refractivity contribution in [3.63, 3.8) is 0 Å². The number of nitrogens with zero attached hydrogens (tertiary/aromatic N) is 3. The number of hydrogen-bond donors (Lipinski definition) is 1. The predicted molar refractivity (Wildman–Crippen MR) is 109 cm³/mol. The predicted octanol–water partition coefficient (Wildman–Crippen LogP) is 2.72. The molecule has 8 heteroatoms. The molecule has 6 nitrogen and oxygen atoms in total. The molecule has 0 saturated carbocycles. The van der Waals surface area contributed by atoms with Gasteiger partial charge in [-0.1, -0.05) is 6.07 Å². The highest BCUT2D eigenvalue weighted by Crippen LogP contribution is 2.36. The molecule has 2 aromatic heterocycles. The van der Waals surface area contributed by atoms with E-state index in [1.807, 2.05) is 11.0 Å². The largest absolute Gasteiger partial charge is 0.365 e. The molecule has 6 rings (SSSR count). The molecule has 1 aromatic carbocycles. The number of carbonyl (C=O) groups is 1.